The summed E-state index contributed by atoms with van der Waals surface area (Å²) in [6.45, 7) is 1.91. The molecule has 0 bridgehead atoms. The number of anilines is 1. The zero-order valence-corrected chi connectivity index (χ0v) is 17.8. The molecule has 30 heavy (non-hydrogen) atoms. The van der Waals surface area contributed by atoms with E-state index in [1.54, 1.807) is 11.3 Å². The van der Waals surface area contributed by atoms with E-state index in [-0.39, 0.29) is 12.5 Å². The fourth-order valence-corrected chi connectivity index (χ4v) is 3.88. The van der Waals surface area contributed by atoms with E-state index in [4.69, 9.17) is 21.3 Å². The SMILES string of the molecule is Cc1ccccc1OCC(=O)Nc1ccc(-c2csc(-c3ccc(Cl)cc3)n2)cc1. The second kappa shape index (κ2) is 9.11. The fourth-order valence-electron chi connectivity index (χ4n) is 2.91. The predicted molar refractivity (Wildman–Crippen MR) is 123 cm³/mol. The van der Waals surface area contributed by atoms with Crippen LogP contribution in [0.1, 0.15) is 5.56 Å². The lowest BCUT2D eigenvalue weighted by molar-refractivity contribution is -0.118. The average Bonchev–Trinajstić information content (AvgIpc) is 3.24. The van der Waals surface area contributed by atoms with Crippen LogP contribution in [0.2, 0.25) is 5.02 Å². The molecule has 6 heteroatoms. The van der Waals surface area contributed by atoms with Gasteiger partial charge in [-0.3, -0.25) is 4.79 Å². The van der Waals surface area contributed by atoms with Gasteiger partial charge in [0.05, 0.1) is 5.69 Å². The molecule has 0 fully saturated rings. The Morgan fingerprint density at radius 2 is 1.70 bits per heavy atom. The topological polar surface area (TPSA) is 51.2 Å². The minimum atomic E-state index is -0.204. The molecular formula is C24H19ClN2O2S. The highest BCUT2D eigenvalue weighted by Crippen LogP contribution is 2.30. The number of benzene rings is 3. The van der Waals surface area contributed by atoms with E-state index in [0.717, 1.165) is 27.4 Å². The number of carbonyl (C=O) groups is 1. The Morgan fingerprint density at radius 1 is 1.00 bits per heavy atom. The maximum atomic E-state index is 12.2. The van der Waals surface area contributed by atoms with Crippen molar-refractivity contribution in [2.24, 2.45) is 0 Å². The van der Waals surface area contributed by atoms with Crippen molar-refractivity contribution in [2.75, 3.05) is 11.9 Å². The Bertz CT molecular complexity index is 1150. The van der Waals surface area contributed by atoms with Gasteiger partial charge >= 0.3 is 0 Å². The summed E-state index contributed by atoms with van der Waals surface area (Å²) in [5.41, 5.74) is 4.63. The first-order chi connectivity index (χ1) is 14.6. The number of rotatable bonds is 6. The average molecular weight is 435 g/mol. The molecule has 0 aliphatic heterocycles. The molecular weight excluding hydrogens is 416 g/mol. The number of thiazole rings is 1. The van der Waals surface area contributed by atoms with Gasteiger partial charge in [0.2, 0.25) is 0 Å². The minimum absolute atomic E-state index is 0.0385. The maximum absolute atomic E-state index is 12.2. The van der Waals surface area contributed by atoms with E-state index in [9.17, 15) is 4.79 Å². The van der Waals surface area contributed by atoms with Crippen LogP contribution in [-0.4, -0.2) is 17.5 Å². The first-order valence-electron chi connectivity index (χ1n) is 9.39. The first-order valence-corrected chi connectivity index (χ1v) is 10.6. The molecule has 3 aromatic carbocycles. The molecule has 0 saturated heterocycles. The highest BCUT2D eigenvalue weighted by molar-refractivity contribution is 7.13. The molecule has 1 amide bonds. The molecule has 0 spiro atoms. The van der Waals surface area contributed by atoms with Gasteiger partial charge in [-0.05, 0) is 42.8 Å². The fraction of sp³-hybridized carbons (Fsp3) is 0.0833. The van der Waals surface area contributed by atoms with Gasteiger partial charge in [0.15, 0.2) is 6.61 Å². The van der Waals surface area contributed by atoms with Crippen molar-refractivity contribution >= 4 is 34.5 Å². The molecule has 0 atom stereocenters. The van der Waals surface area contributed by atoms with Crippen molar-refractivity contribution in [1.29, 1.82) is 0 Å². The van der Waals surface area contributed by atoms with Gasteiger partial charge in [0, 0.05) is 27.2 Å². The summed E-state index contributed by atoms with van der Waals surface area (Å²) in [6.07, 6.45) is 0. The number of carbonyl (C=O) groups excluding carboxylic acids is 1. The summed E-state index contributed by atoms with van der Waals surface area (Å²) >= 11 is 7.54. The van der Waals surface area contributed by atoms with E-state index >= 15 is 0 Å². The summed E-state index contributed by atoms with van der Waals surface area (Å²) in [4.78, 5) is 16.9. The molecule has 0 aliphatic rings. The molecule has 1 N–H and O–H groups in total. The van der Waals surface area contributed by atoms with Crippen LogP contribution in [0.4, 0.5) is 5.69 Å². The van der Waals surface area contributed by atoms with Crippen molar-refractivity contribution < 1.29 is 9.53 Å². The summed E-state index contributed by atoms with van der Waals surface area (Å²) in [5, 5.41) is 6.52. The third kappa shape index (κ3) is 4.87. The van der Waals surface area contributed by atoms with Gasteiger partial charge in [-0.1, -0.05) is 54.1 Å². The number of aromatic nitrogens is 1. The molecule has 4 nitrogen and oxygen atoms in total. The number of para-hydroxylation sites is 1. The van der Waals surface area contributed by atoms with Crippen LogP contribution in [0.3, 0.4) is 0 Å². The molecule has 1 heterocycles. The lowest BCUT2D eigenvalue weighted by Crippen LogP contribution is -2.20. The molecule has 1 aromatic heterocycles. The van der Waals surface area contributed by atoms with E-state index in [1.807, 2.05) is 85.1 Å². The van der Waals surface area contributed by atoms with Gasteiger partial charge in [-0.15, -0.1) is 11.3 Å². The van der Waals surface area contributed by atoms with Crippen LogP contribution < -0.4 is 10.1 Å². The van der Waals surface area contributed by atoms with Gasteiger partial charge in [-0.25, -0.2) is 4.98 Å². The van der Waals surface area contributed by atoms with Crippen molar-refractivity contribution in [2.45, 2.75) is 6.92 Å². The number of nitrogens with one attached hydrogen (secondary N) is 1. The van der Waals surface area contributed by atoms with E-state index < -0.39 is 0 Å². The molecule has 4 aromatic rings. The zero-order chi connectivity index (χ0) is 20.9. The third-order valence-electron chi connectivity index (χ3n) is 4.51. The van der Waals surface area contributed by atoms with Crippen LogP contribution in [0.15, 0.2) is 78.2 Å². The Kier molecular flexibility index (Phi) is 6.12. The Labute approximate surface area is 184 Å². The second-order valence-corrected chi connectivity index (χ2v) is 8.02. The molecule has 0 aliphatic carbocycles. The Morgan fingerprint density at radius 3 is 2.43 bits per heavy atom. The molecule has 0 unspecified atom stereocenters. The number of hydrogen-bond donors (Lipinski definition) is 1. The summed E-state index contributed by atoms with van der Waals surface area (Å²) < 4.78 is 5.59. The molecule has 0 saturated carbocycles. The Hall–Kier alpha value is -3.15. The van der Waals surface area contributed by atoms with Gasteiger partial charge in [0.1, 0.15) is 10.8 Å². The molecule has 0 radical (unpaired) electrons. The summed E-state index contributed by atoms with van der Waals surface area (Å²) in [5.74, 6) is 0.507. The molecule has 150 valence electrons. The standard InChI is InChI=1S/C24H19ClN2O2S/c1-16-4-2-3-5-22(16)29-14-23(28)26-20-12-8-17(9-13-20)21-15-30-24(27-21)18-6-10-19(25)11-7-18/h2-13,15H,14H2,1H3,(H,26,28). The summed E-state index contributed by atoms with van der Waals surface area (Å²) in [7, 11) is 0. The van der Waals surface area contributed by atoms with Crippen molar-refractivity contribution in [1.82, 2.24) is 4.98 Å². The monoisotopic (exact) mass is 434 g/mol. The number of aryl methyl sites for hydroxylation is 1. The predicted octanol–water partition coefficient (Wildman–Crippen LogP) is 6.46. The van der Waals surface area contributed by atoms with E-state index in [0.29, 0.717) is 16.5 Å². The first kappa shape index (κ1) is 20.1. The van der Waals surface area contributed by atoms with Crippen molar-refractivity contribution in [3.8, 4) is 27.6 Å². The number of hydrogen-bond acceptors (Lipinski definition) is 4. The zero-order valence-electron chi connectivity index (χ0n) is 16.3. The van der Waals surface area contributed by atoms with Gasteiger partial charge in [0.25, 0.3) is 5.91 Å². The third-order valence-corrected chi connectivity index (χ3v) is 5.66. The summed E-state index contributed by atoms with van der Waals surface area (Å²) in [6, 6.07) is 22.9. The largest absolute Gasteiger partial charge is 0.483 e. The van der Waals surface area contributed by atoms with Crippen LogP contribution in [-0.2, 0) is 4.79 Å². The number of ether oxygens (including phenoxy) is 1. The normalized spacial score (nSPS) is 10.6. The van der Waals surface area contributed by atoms with Gasteiger partial charge < -0.3 is 10.1 Å². The Balaban J connectivity index is 1.38. The van der Waals surface area contributed by atoms with Crippen LogP contribution in [0.25, 0.3) is 21.8 Å². The number of nitrogens with zero attached hydrogens (tertiary/aromatic N) is 1. The smallest absolute Gasteiger partial charge is 0.262 e. The highest BCUT2D eigenvalue weighted by atomic mass is 35.5. The minimum Gasteiger partial charge on any atom is -0.483 e. The second-order valence-electron chi connectivity index (χ2n) is 6.72. The lowest BCUT2D eigenvalue weighted by Gasteiger charge is -2.09. The lowest BCUT2D eigenvalue weighted by atomic mass is 10.1. The van der Waals surface area contributed by atoms with Crippen LogP contribution in [0, 0.1) is 6.92 Å². The van der Waals surface area contributed by atoms with Crippen LogP contribution >= 0.6 is 22.9 Å². The molecule has 4 rings (SSSR count). The van der Waals surface area contributed by atoms with Crippen molar-refractivity contribution in [3.63, 3.8) is 0 Å². The number of halogens is 1. The maximum Gasteiger partial charge on any atom is 0.262 e. The highest BCUT2D eigenvalue weighted by Gasteiger charge is 2.09. The van der Waals surface area contributed by atoms with E-state index in [2.05, 4.69) is 5.32 Å². The van der Waals surface area contributed by atoms with Gasteiger partial charge in [-0.2, -0.15) is 0 Å². The quantitative estimate of drug-likeness (QED) is 0.379. The van der Waals surface area contributed by atoms with Crippen molar-refractivity contribution in [3.05, 3.63) is 88.8 Å². The van der Waals surface area contributed by atoms with Crippen LogP contribution in [0.5, 0.6) is 5.75 Å². The number of amides is 1. The van der Waals surface area contributed by atoms with E-state index in [1.165, 1.54) is 0 Å².